The molecule has 0 bridgehead atoms. The highest BCUT2D eigenvalue weighted by Gasteiger charge is 2.49. The molecule has 1 atom stereocenters. The maximum absolute atomic E-state index is 13.7. The zero-order valence-corrected chi connectivity index (χ0v) is 40.4. The number of hydrogen-bond acceptors (Lipinski definition) is 13. The number of carbonyl (C=O) groups excluding carboxylic acids is 5. The standard InChI is InChI=1S/C53H60FN11O7/c1-71-44-12-7-36(27-43(44)64-24-17-45(66)60-52(64)70)50(68)63-25-18-53(19-26-63)28-41(29-53)62-22-13-34(14-23-62)32-61-20-15-40(16-21-61)65-33-37(30-57-65)42-31-56-48(55)46(59-42)51(69)72-47(35-5-3-2-4-6-35)49(67)58-39-10-8-38(54)9-11-39/h2-12,27,30-31,33-34,40-41,47H,13-26,28-29,32H2,1H3,(H2,55,56)(H,58,67)(H,60,66,70)/t47-/m1/s1. The van der Waals surface area contributed by atoms with Crippen LogP contribution in [0.2, 0.25) is 0 Å². The Hall–Kier alpha value is -7.25. The molecule has 18 nitrogen and oxygen atoms in total. The first-order valence-corrected chi connectivity index (χ1v) is 25.0. The fraction of sp³-hybridized carbons (Fsp3) is 0.434. The van der Waals surface area contributed by atoms with Gasteiger partial charge < -0.3 is 35.2 Å². The molecule has 5 fully saturated rings. The molecular weight excluding hydrogens is 922 g/mol. The monoisotopic (exact) mass is 981 g/mol. The summed E-state index contributed by atoms with van der Waals surface area (Å²) in [7, 11) is 1.52. The Labute approximate surface area is 417 Å². The van der Waals surface area contributed by atoms with E-state index in [9.17, 15) is 28.4 Å². The van der Waals surface area contributed by atoms with Crippen LogP contribution >= 0.6 is 0 Å². The van der Waals surface area contributed by atoms with Gasteiger partial charge in [-0.3, -0.25) is 29.3 Å². The number of nitrogen functional groups attached to an aromatic ring is 1. The molecule has 1 spiro atoms. The Balaban J connectivity index is 0.663. The summed E-state index contributed by atoms with van der Waals surface area (Å²) in [5, 5.41) is 9.72. The first-order valence-electron chi connectivity index (χ1n) is 25.0. The number of amides is 5. The summed E-state index contributed by atoms with van der Waals surface area (Å²) < 4.78 is 26.7. The maximum atomic E-state index is 13.7. The van der Waals surface area contributed by atoms with Crippen molar-refractivity contribution in [2.75, 3.05) is 75.4 Å². The lowest BCUT2D eigenvalue weighted by Crippen LogP contribution is -2.57. The van der Waals surface area contributed by atoms with Crippen LogP contribution < -0.4 is 26.0 Å². The molecule has 3 aromatic carbocycles. The Morgan fingerprint density at radius 3 is 2.33 bits per heavy atom. The second kappa shape index (κ2) is 20.8. The number of methoxy groups -OCH3 is 1. The minimum absolute atomic E-state index is 0.0484. The van der Waals surface area contributed by atoms with Crippen molar-refractivity contribution < 1.29 is 37.8 Å². The molecule has 5 amide bonds. The maximum Gasteiger partial charge on any atom is 0.361 e. The largest absolute Gasteiger partial charge is 0.495 e. The highest BCUT2D eigenvalue weighted by atomic mass is 19.1. The van der Waals surface area contributed by atoms with Crippen LogP contribution in [-0.2, 0) is 14.3 Å². The van der Waals surface area contributed by atoms with E-state index in [2.05, 4.69) is 30.4 Å². The number of nitrogens with two attached hydrogens (primary N) is 1. The van der Waals surface area contributed by atoms with Crippen molar-refractivity contribution in [3.63, 3.8) is 0 Å². The first-order chi connectivity index (χ1) is 34.9. The number of imide groups is 1. The van der Waals surface area contributed by atoms with E-state index in [1.807, 2.05) is 15.8 Å². The lowest BCUT2D eigenvalue weighted by molar-refractivity contribution is -0.125. The Morgan fingerprint density at radius 2 is 1.62 bits per heavy atom. The molecule has 72 heavy (non-hydrogen) atoms. The zero-order valence-electron chi connectivity index (χ0n) is 40.4. The van der Waals surface area contributed by atoms with Crippen molar-refractivity contribution in [1.82, 2.24) is 39.8 Å². The molecule has 5 aliphatic rings. The Morgan fingerprint density at radius 1 is 0.889 bits per heavy atom. The van der Waals surface area contributed by atoms with E-state index in [-0.39, 0.29) is 42.3 Å². The van der Waals surface area contributed by atoms with E-state index >= 15 is 0 Å². The summed E-state index contributed by atoms with van der Waals surface area (Å²) in [6.07, 6.45) is 12.6. The second-order valence-electron chi connectivity index (χ2n) is 19.9. The predicted octanol–water partition coefficient (Wildman–Crippen LogP) is 6.49. The second-order valence-corrected chi connectivity index (χ2v) is 19.9. The smallest absolute Gasteiger partial charge is 0.361 e. The van der Waals surface area contributed by atoms with Crippen LogP contribution in [0.5, 0.6) is 5.75 Å². The number of halogens is 1. The molecule has 5 aromatic rings. The number of aromatic nitrogens is 4. The van der Waals surface area contributed by atoms with Gasteiger partial charge in [0, 0.05) is 80.3 Å². The number of likely N-dealkylation sites (tertiary alicyclic amines) is 3. The molecule has 19 heteroatoms. The predicted molar refractivity (Wildman–Crippen MR) is 265 cm³/mol. The number of hydrogen-bond donors (Lipinski definition) is 3. The first kappa shape index (κ1) is 48.4. The number of nitrogens with zero attached hydrogens (tertiary/aromatic N) is 8. The molecule has 0 radical (unpaired) electrons. The van der Waals surface area contributed by atoms with Crippen molar-refractivity contribution in [2.24, 2.45) is 11.3 Å². The van der Waals surface area contributed by atoms with E-state index in [1.54, 1.807) is 54.7 Å². The van der Waals surface area contributed by atoms with E-state index in [0.717, 1.165) is 58.4 Å². The van der Waals surface area contributed by atoms with Crippen LogP contribution in [0.3, 0.4) is 0 Å². The normalized spacial score (nSPS) is 19.6. The fourth-order valence-corrected chi connectivity index (χ4v) is 11.2. The van der Waals surface area contributed by atoms with Gasteiger partial charge in [-0.15, -0.1) is 0 Å². The highest BCUT2D eigenvalue weighted by molar-refractivity contribution is 6.07. The van der Waals surface area contributed by atoms with Gasteiger partial charge in [-0.1, -0.05) is 30.3 Å². The van der Waals surface area contributed by atoms with E-state index < -0.39 is 29.8 Å². The van der Waals surface area contributed by atoms with E-state index in [0.29, 0.717) is 70.0 Å². The van der Waals surface area contributed by atoms with Crippen molar-refractivity contribution in [3.05, 3.63) is 114 Å². The molecule has 4 aliphatic heterocycles. The number of carbonyl (C=O) groups is 5. The van der Waals surface area contributed by atoms with Crippen molar-refractivity contribution >= 4 is 46.9 Å². The van der Waals surface area contributed by atoms with E-state index in [1.165, 1.54) is 68.2 Å². The molecule has 0 unspecified atom stereocenters. The third-order valence-corrected chi connectivity index (χ3v) is 15.4. The molecule has 10 rings (SSSR count). The van der Waals surface area contributed by atoms with Crippen LogP contribution in [0.4, 0.5) is 26.4 Å². The molecule has 2 aromatic heterocycles. The van der Waals surface area contributed by atoms with Crippen LogP contribution in [-0.4, -0.2) is 130 Å². The van der Waals surface area contributed by atoms with Crippen molar-refractivity contribution in [1.29, 1.82) is 0 Å². The molecular formula is C53H60FN11O7. The van der Waals surface area contributed by atoms with Crippen LogP contribution in [0.1, 0.15) is 96.3 Å². The summed E-state index contributed by atoms with van der Waals surface area (Å²) in [5.41, 5.74) is 9.02. The van der Waals surface area contributed by atoms with Crippen molar-refractivity contribution in [2.45, 2.75) is 76.0 Å². The lowest BCUT2D eigenvalue weighted by atomic mass is 9.59. The zero-order chi connectivity index (χ0) is 49.9. The summed E-state index contributed by atoms with van der Waals surface area (Å²) in [6, 6.07) is 19.3. The van der Waals surface area contributed by atoms with Gasteiger partial charge in [0.2, 0.25) is 12.0 Å². The fourth-order valence-electron chi connectivity index (χ4n) is 11.2. The van der Waals surface area contributed by atoms with Crippen molar-refractivity contribution in [3.8, 4) is 17.0 Å². The van der Waals surface area contributed by atoms with Crippen LogP contribution in [0.15, 0.2) is 91.4 Å². The Bertz CT molecular complexity index is 2800. The van der Waals surface area contributed by atoms with Gasteiger partial charge in [-0.25, -0.2) is 23.9 Å². The number of rotatable bonds is 13. The van der Waals surface area contributed by atoms with Crippen LogP contribution in [0, 0.1) is 17.2 Å². The summed E-state index contributed by atoms with van der Waals surface area (Å²) in [4.78, 5) is 82.6. The minimum atomic E-state index is -1.35. The van der Waals surface area contributed by atoms with Gasteiger partial charge in [0.1, 0.15) is 11.6 Å². The molecule has 376 valence electrons. The number of piperidine rings is 3. The molecule has 6 heterocycles. The topological polar surface area (TPSA) is 210 Å². The minimum Gasteiger partial charge on any atom is -0.495 e. The lowest BCUT2D eigenvalue weighted by Gasteiger charge is -2.56. The van der Waals surface area contributed by atoms with Gasteiger partial charge in [-0.2, -0.15) is 5.10 Å². The third kappa shape index (κ3) is 10.5. The number of ether oxygens (including phenoxy) is 2. The summed E-state index contributed by atoms with van der Waals surface area (Å²) in [5.74, 6) is -1.38. The number of benzene rings is 3. The number of esters is 1. The number of urea groups is 1. The van der Waals surface area contributed by atoms with Crippen LogP contribution in [0.25, 0.3) is 11.3 Å². The summed E-state index contributed by atoms with van der Waals surface area (Å²) in [6.45, 7) is 6.97. The highest BCUT2D eigenvalue weighted by Crippen LogP contribution is 2.51. The molecule has 4 N–H and O–H groups in total. The number of nitrogens with one attached hydrogen (secondary N) is 2. The summed E-state index contributed by atoms with van der Waals surface area (Å²) >= 11 is 0. The van der Waals surface area contributed by atoms with Gasteiger partial charge in [-0.05, 0) is 118 Å². The average molecular weight is 982 g/mol. The molecule has 4 saturated heterocycles. The molecule has 1 saturated carbocycles. The average Bonchev–Trinajstić information content (AvgIpc) is 3.89. The quantitative estimate of drug-likeness (QED) is 0.108. The van der Waals surface area contributed by atoms with E-state index in [4.69, 9.17) is 20.3 Å². The third-order valence-electron chi connectivity index (χ3n) is 15.4. The Kier molecular flexibility index (Phi) is 14.0. The molecule has 1 aliphatic carbocycles. The van der Waals surface area contributed by atoms with Gasteiger partial charge in [0.25, 0.3) is 11.8 Å². The van der Waals surface area contributed by atoms with Gasteiger partial charge >= 0.3 is 12.0 Å². The number of anilines is 3. The SMILES string of the molecule is COc1ccc(C(=O)N2CCC3(CC2)CC(N2CCC(CN4CCC(n5cc(-c6cnc(N)c(C(=O)O[C@@H](C(=O)Nc7ccc(F)cc7)c7ccccc7)n6)cn5)CC4)CC2)C3)cc1N1CCC(=O)NC1=O. The van der Waals surface area contributed by atoms with Gasteiger partial charge in [0.05, 0.1) is 36.9 Å². The van der Waals surface area contributed by atoms with Gasteiger partial charge in [0.15, 0.2) is 11.5 Å².